The van der Waals surface area contributed by atoms with Gasteiger partial charge in [-0.15, -0.1) is 0 Å². The second-order valence-electron chi connectivity index (χ2n) is 15.3. The molecule has 2 nitrogen and oxygen atoms in total. The maximum absolute atomic E-state index is 4.17. The first-order valence-corrected chi connectivity index (χ1v) is 18.3. The van der Waals surface area contributed by atoms with Crippen LogP contribution in [-0.2, 0) is 0 Å². The molecule has 0 amide bonds. The molecule has 0 saturated carbocycles. The summed E-state index contributed by atoms with van der Waals surface area (Å²) in [5.74, 6) is 0.490. The van der Waals surface area contributed by atoms with Gasteiger partial charge in [0.05, 0.1) is 12.1 Å². The predicted octanol–water partition coefficient (Wildman–Crippen LogP) is 12.9. The molecule has 0 radical (unpaired) electrons. The third kappa shape index (κ3) is 6.00. The lowest BCUT2D eigenvalue weighted by molar-refractivity contribution is 0.677. The maximum atomic E-state index is 4.17. The van der Waals surface area contributed by atoms with Gasteiger partial charge in [0, 0.05) is 23.2 Å². The van der Waals surface area contributed by atoms with Crippen molar-refractivity contribution in [1.82, 2.24) is 0 Å². The van der Waals surface area contributed by atoms with E-state index in [-0.39, 0.29) is 23.9 Å². The zero-order valence-electron chi connectivity index (χ0n) is 31.5. The summed E-state index contributed by atoms with van der Waals surface area (Å²) >= 11 is 0. The predicted molar refractivity (Wildman–Crippen MR) is 215 cm³/mol. The van der Waals surface area contributed by atoms with Crippen molar-refractivity contribution in [3.8, 4) is 0 Å². The van der Waals surface area contributed by atoms with Gasteiger partial charge in [-0.25, -0.2) is 0 Å². The molecule has 7 rings (SSSR count). The van der Waals surface area contributed by atoms with Crippen molar-refractivity contribution in [2.45, 2.75) is 93.2 Å². The summed E-state index contributed by atoms with van der Waals surface area (Å²) in [5.41, 5.74) is 21.3. The topological polar surface area (TPSA) is 24.1 Å². The molecule has 254 valence electrons. The first kappa shape index (κ1) is 33.7. The molecule has 0 heterocycles. The van der Waals surface area contributed by atoms with Crippen molar-refractivity contribution in [2.75, 3.05) is 10.6 Å². The Labute approximate surface area is 300 Å². The van der Waals surface area contributed by atoms with Gasteiger partial charge in [-0.05, 0) is 134 Å². The maximum Gasteiger partial charge on any atom is 0.0763 e. The Bertz CT molecular complexity index is 2050. The Morgan fingerprint density at radius 3 is 1.20 bits per heavy atom. The molecule has 1 aliphatic rings. The number of rotatable bonds is 8. The van der Waals surface area contributed by atoms with Crippen molar-refractivity contribution in [3.63, 3.8) is 0 Å². The molecule has 4 atom stereocenters. The highest BCUT2D eigenvalue weighted by atomic mass is 15.0. The molecule has 0 fully saturated rings. The second kappa shape index (κ2) is 13.1. The average molecular weight is 657 g/mol. The monoisotopic (exact) mass is 656 g/mol. The van der Waals surface area contributed by atoms with Crippen LogP contribution >= 0.6 is 0 Å². The van der Waals surface area contributed by atoms with Gasteiger partial charge in [0.2, 0.25) is 0 Å². The molecule has 0 bridgehead atoms. The van der Waals surface area contributed by atoms with Crippen LogP contribution in [0.2, 0.25) is 0 Å². The van der Waals surface area contributed by atoms with Gasteiger partial charge in [-0.1, -0.05) is 121 Å². The van der Waals surface area contributed by atoms with Gasteiger partial charge in [-0.2, -0.15) is 0 Å². The summed E-state index contributed by atoms with van der Waals surface area (Å²) in [6.07, 6.45) is 0. The van der Waals surface area contributed by atoms with E-state index in [1.807, 2.05) is 0 Å². The van der Waals surface area contributed by atoms with E-state index < -0.39 is 0 Å². The van der Waals surface area contributed by atoms with Crippen LogP contribution in [0.4, 0.5) is 11.4 Å². The third-order valence-electron chi connectivity index (χ3n) is 11.3. The fourth-order valence-electron chi connectivity index (χ4n) is 9.34. The van der Waals surface area contributed by atoms with Crippen molar-refractivity contribution in [3.05, 3.63) is 175 Å². The number of anilines is 2. The van der Waals surface area contributed by atoms with E-state index in [1.165, 1.54) is 100 Å². The van der Waals surface area contributed by atoms with Crippen LogP contribution in [-0.4, -0.2) is 0 Å². The van der Waals surface area contributed by atoms with E-state index in [2.05, 4.69) is 177 Å². The second-order valence-corrected chi connectivity index (χ2v) is 15.3. The highest BCUT2D eigenvalue weighted by molar-refractivity contribution is 5.93. The van der Waals surface area contributed by atoms with Crippen LogP contribution in [0.5, 0.6) is 0 Å². The number of hydrogen-bond donors (Lipinski definition) is 2. The number of aryl methyl sites for hydroxylation is 8. The third-order valence-corrected chi connectivity index (χ3v) is 11.3. The van der Waals surface area contributed by atoms with Gasteiger partial charge in [0.15, 0.2) is 0 Å². The Kier molecular flexibility index (Phi) is 8.85. The lowest BCUT2D eigenvalue weighted by atomic mass is 9.84. The molecule has 6 aromatic rings. The standard InChI is InChI=1S/C48H52N2/c1-27-17-19-42(40(25-27)35(9)44-31(5)21-29(3)22-32(44)6)49-47-38-15-11-13-37-14-12-16-39(46(37)38)48(47)50-43-20-18-28(2)26-41(43)36(10)45-33(7)23-30(4)24-34(45)8/h11-26,35-36,47-50H,1-10H3. The molecule has 2 N–H and O–H groups in total. The number of hydrogen-bond acceptors (Lipinski definition) is 2. The Morgan fingerprint density at radius 2 is 0.820 bits per heavy atom. The molecule has 6 aromatic carbocycles. The largest absolute Gasteiger partial charge is 0.376 e. The van der Waals surface area contributed by atoms with Gasteiger partial charge >= 0.3 is 0 Å². The molecule has 4 unspecified atom stereocenters. The number of benzene rings is 6. The first-order valence-electron chi connectivity index (χ1n) is 18.3. The molecule has 0 aromatic heterocycles. The zero-order chi connectivity index (χ0) is 35.4. The van der Waals surface area contributed by atoms with E-state index in [4.69, 9.17) is 0 Å². The van der Waals surface area contributed by atoms with Gasteiger partial charge in [0.25, 0.3) is 0 Å². The minimum atomic E-state index is 0.0391. The minimum Gasteiger partial charge on any atom is -0.376 e. The van der Waals surface area contributed by atoms with E-state index >= 15 is 0 Å². The quantitative estimate of drug-likeness (QED) is 0.170. The van der Waals surface area contributed by atoms with Gasteiger partial charge < -0.3 is 10.6 Å². The van der Waals surface area contributed by atoms with Crippen LogP contribution in [0, 0.1) is 55.4 Å². The lowest BCUT2D eigenvalue weighted by Gasteiger charge is -2.30. The van der Waals surface area contributed by atoms with E-state index in [0.717, 1.165) is 0 Å². The summed E-state index contributed by atoms with van der Waals surface area (Å²) in [7, 11) is 0. The number of nitrogens with one attached hydrogen (secondary N) is 2. The van der Waals surface area contributed by atoms with Crippen LogP contribution in [0.1, 0.15) is 116 Å². The van der Waals surface area contributed by atoms with E-state index in [0.29, 0.717) is 0 Å². The summed E-state index contributed by atoms with van der Waals surface area (Å²) in [4.78, 5) is 0. The van der Waals surface area contributed by atoms with E-state index in [1.54, 1.807) is 0 Å². The minimum absolute atomic E-state index is 0.0391. The summed E-state index contributed by atoms with van der Waals surface area (Å²) in [5, 5.41) is 11.0. The molecular formula is C48H52N2. The average Bonchev–Trinajstić information content (AvgIpc) is 3.34. The molecule has 0 saturated heterocycles. The molecular weight excluding hydrogens is 605 g/mol. The van der Waals surface area contributed by atoms with Gasteiger partial charge in [-0.3, -0.25) is 0 Å². The lowest BCUT2D eigenvalue weighted by Crippen LogP contribution is -2.23. The van der Waals surface area contributed by atoms with Crippen LogP contribution in [0.15, 0.2) is 97.1 Å². The van der Waals surface area contributed by atoms with Crippen LogP contribution in [0.3, 0.4) is 0 Å². The summed E-state index contributed by atoms with van der Waals surface area (Å²) in [6.45, 7) is 22.6. The van der Waals surface area contributed by atoms with Crippen LogP contribution in [0.25, 0.3) is 10.8 Å². The molecule has 0 spiro atoms. The smallest absolute Gasteiger partial charge is 0.0763 e. The molecule has 50 heavy (non-hydrogen) atoms. The van der Waals surface area contributed by atoms with Crippen molar-refractivity contribution < 1.29 is 0 Å². The summed E-state index contributed by atoms with van der Waals surface area (Å²) < 4.78 is 0. The highest BCUT2D eigenvalue weighted by Crippen LogP contribution is 2.49. The first-order chi connectivity index (χ1) is 23.9. The van der Waals surface area contributed by atoms with Crippen molar-refractivity contribution >= 4 is 22.1 Å². The molecule has 2 heteroatoms. The van der Waals surface area contributed by atoms with Crippen molar-refractivity contribution in [2.24, 2.45) is 0 Å². The highest BCUT2D eigenvalue weighted by Gasteiger charge is 2.36. The molecule has 0 aliphatic heterocycles. The molecule has 1 aliphatic carbocycles. The van der Waals surface area contributed by atoms with E-state index in [9.17, 15) is 0 Å². The Hall–Kier alpha value is -4.82. The van der Waals surface area contributed by atoms with Crippen LogP contribution < -0.4 is 10.6 Å². The fourth-order valence-corrected chi connectivity index (χ4v) is 9.34. The fraction of sp³-hybridized carbons (Fsp3) is 0.292. The van der Waals surface area contributed by atoms with Crippen molar-refractivity contribution in [1.29, 1.82) is 0 Å². The Balaban J connectivity index is 1.33. The zero-order valence-corrected chi connectivity index (χ0v) is 31.5. The SMILES string of the molecule is Cc1cc(C)c(C(C)c2cc(C)ccc2NC2c3cccc4cccc(c34)C2Nc2ccc(C)cc2C(C)c2c(C)cc(C)cc2C)c(C)c1. The van der Waals surface area contributed by atoms with Gasteiger partial charge in [0.1, 0.15) is 0 Å². The normalized spacial score (nSPS) is 16.4. The Morgan fingerprint density at radius 1 is 0.440 bits per heavy atom. The summed E-state index contributed by atoms with van der Waals surface area (Å²) in [6, 6.07) is 36.9.